The van der Waals surface area contributed by atoms with E-state index in [0.717, 1.165) is 21.2 Å². The SMILES string of the molecule is Cc1cccc2c1-c1c(C)cccc1C2(O)c1ccccc1Br. The van der Waals surface area contributed by atoms with Crippen LogP contribution in [0.5, 0.6) is 0 Å². The number of rotatable bonds is 1. The summed E-state index contributed by atoms with van der Waals surface area (Å²) < 4.78 is 0.921. The smallest absolute Gasteiger partial charge is 0.142 e. The van der Waals surface area contributed by atoms with Crippen molar-refractivity contribution >= 4 is 15.9 Å². The molecule has 23 heavy (non-hydrogen) atoms. The number of aliphatic hydroxyl groups is 1. The highest BCUT2D eigenvalue weighted by atomic mass is 79.9. The summed E-state index contributed by atoms with van der Waals surface area (Å²) in [6, 6.07) is 20.3. The van der Waals surface area contributed by atoms with Crippen LogP contribution in [-0.4, -0.2) is 5.11 Å². The molecule has 0 spiro atoms. The molecule has 114 valence electrons. The van der Waals surface area contributed by atoms with Crippen LogP contribution in [0.3, 0.4) is 0 Å². The largest absolute Gasteiger partial charge is 0.376 e. The fourth-order valence-electron chi connectivity index (χ4n) is 3.79. The second-order valence-corrected chi connectivity index (χ2v) is 7.04. The summed E-state index contributed by atoms with van der Waals surface area (Å²) >= 11 is 3.62. The van der Waals surface area contributed by atoms with Crippen molar-refractivity contribution in [2.75, 3.05) is 0 Å². The molecule has 0 saturated carbocycles. The van der Waals surface area contributed by atoms with Crippen LogP contribution < -0.4 is 0 Å². The van der Waals surface area contributed by atoms with E-state index >= 15 is 0 Å². The van der Waals surface area contributed by atoms with E-state index in [9.17, 15) is 5.11 Å². The predicted molar refractivity (Wildman–Crippen MR) is 97.6 cm³/mol. The van der Waals surface area contributed by atoms with Crippen molar-refractivity contribution in [1.82, 2.24) is 0 Å². The summed E-state index contributed by atoms with van der Waals surface area (Å²) in [7, 11) is 0. The quantitative estimate of drug-likeness (QED) is 0.618. The molecule has 0 fully saturated rings. The second kappa shape index (κ2) is 5.05. The van der Waals surface area contributed by atoms with Gasteiger partial charge in [0.15, 0.2) is 0 Å². The van der Waals surface area contributed by atoms with Crippen molar-refractivity contribution < 1.29 is 5.11 Å². The minimum Gasteiger partial charge on any atom is -0.376 e. The maximum Gasteiger partial charge on any atom is 0.142 e. The summed E-state index contributed by atoms with van der Waals surface area (Å²) in [4.78, 5) is 0. The molecule has 1 N–H and O–H groups in total. The fourth-order valence-corrected chi connectivity index (χ4v) is 4.36. The molecule has 3 aromatic rings. The molecule has 0 amide bonds. The van der Waals surface area contributed by atoms with Crippen molar-refractivity contribution in [3.63, 3.8) is 0 Å². The zero-order valence-electron chi connectivity index (χ0n) is 13.1. The van der Waals surface area contributed by atoms with Crippen LogP contribution in [-0.2, 0) is 5.60 Å². The summed E-state index contributed by atoms with van der Waals surface area (Å²) in [5.41, 5.74) is 6.42. The van der Waals surface area contributed by atoms with E-state index in [-0.39, 0.29) is 0 Å². The lowest BCUT2D eigenvalue weighted by molar-refractivity contribution is 0.130. The molecule has 1 aliphatic carbocycles. The van der Waals surface area contributed by atoms with Gasteiger partial charge in [-0.25, -0.2) is 0 Å². The van der Waals surface area contributed by atoms with Gasteiger partial charge in [0.25, 0.3) is 0 Å². The van der Waals surface area contributed by atoms with Crippen LogP contribution in [0.15, 0.2) is 65.1 Å². The molecule has 0 saturated heterocycles. The van der Waals surface area contributed by atoms with Crippen LogP contribution in [0.2, 0.25) is 0 Å². The van der Waals surface area contributed by atoms with E-state index in [1.807, 2.05) is 48.5 Å². The lowest BCUT2D eigenvalue weighted by Crippen LogP contribution is -2.26. The zero-order valence-corrected chi connectivity index (χ0v) is 14.7. The van der Waals surface area contributed by atoms with Gasteiger partial charge in [0.2, 0.25) is 0 Å². The first-order chi connectivity index (χ1) is 11.0. The third-order valence-electron chi connectivity index (χ3n) is 4.84. The van der Waals surface area contributed by atoms with Gasteiger partial charge in [0.1, 0.15) is 5.60 Å². The number of hydrogen-bond donors (Lipinski definition) is 1. The molecule has 2 heteroatoms. The lowest BCUT2D eigenvalue weighted by Gasteiger charge is -2.27. The van der Waals surface area contributed by atoms with E-state index in [1.54, 1.807) is 0 Å². The van der Waals surface area contributed by atoms with Crippen molar-refractivity contribution in [2.24, 2.45) is 0 Å². The standard InChI is InChI=1S/C21H17BrO/c1-13-7-5-10-16-19(13)20-14(2)8-6-11-17(20)21(16,23)15-9-3-4-12-18(15)22/h3-12,23H,1-2H3. The zero-order chi connectivity index (χ0) is 16.2. The first-order valence-corrected chi connectivity index (χ1v) is 8.52. The normalized spacial score (nSPS) is 14.4. The lowest BCUT2D eigenvalue weighted by atomic mass is 9.84. The van der Waals surface area contributed by atoms with Crippen LogP contribution in [0.4, 0.5) is 0 Å². The maximum absolute atomic E-state index is 11.9. The Morgan fingerprint density at radius 2 is 1.17 bits per heavy atom. The fraction of sp³-hybridized carbons (Fsp3) is 0.143. The summed E-state index contributed by atoms with van der Waals surface area (Å²) in [5, 5.41) is 11.9. The third kappa shape index (κ3) is 1.89. The van der Waals surface area contributed by atoms with Gasteiger partial charge < -0.3 is 5.11 Å². The summed E-state index contributed by atoms with van der Waals surface area (Å²) in [6.07, 6.45) is 0. The third-order valence-corrected chi connectivity index (χ3v) is 5.53. The molecule has 0 radical (unpaired) electrons. The Balaban J connectivity index is 2.17. The average Bonchev–Trinajstić information content (AvgIpc) is 2.81. The molecule has 0 atom stereocenters. The molecular weight excluding hydrogens is 348 g/mol. The Morgan fingerprint density at radius 1 is 0.696 bits per heavy atom. The highest BCUT2D eigenvalue weighted by Gasteiger charge is 2.45. The first-order valence-electron chi connectivity index (χ1n) is 7.73. The van der Waals surface area contributed by atoms with Gasteiger partial charge >= 0.3 is 0 Å². The van der Waals surface area contributed by atoms with Crippen molar-refractivity contribution in [1.29, 1.82) is 0 Å². The topological polar surface area (TPSA) is 20.2 Å². The van der Waals surface area contributed by atoms with Gasteiger partial charge in [0, 0.05) is 21.2 Å². The molecule has 3 aromatic carbocycles. The molecule has 0 aliphatic heterocycles. The van der Waals surface area contributed by atoms with Crippen molar-refractivity contribution in [3.8, 4) is 11.1 Å². The molecular formula is C21H17BrO. The van der Waals surface area contributed by atoms with E-state index in [1.165, 1.54) is 22.3 Å². The van der Waals surface area contributed by atoms with Crippen LogP contribution in [0, 0.1) is 13.8 Å². The first kappa shape index (κ1) is 14.7. The summed E-state index contributed by atoms with van der Waals surface area (Å²) in [6.45, 7) is 4.22. The molecule has 0 heterocycles. The number of hydrogen-bond acceptors (Lipinski definition) is 1. The van der Waals surface area contributed by atoms with Gasteiger partial charge in [-0.15, -0.1) is 0 Å². The van der Waals surface area contributed by atoms with Gasteiger partial charge in [-0.05, 0) is 42.2 Å². The van der Waals surface area contributed by atoms with E-state index in [0.29, 0.717) is 0 Å². The van der Waals surface area contributed by atoms with Crippen LogP contribution in [0.25, 0.3) is 11.1 Å². The minimum atomic E-state index is -1.12. The molecule has 0 aromatic heterocycles. The van der Waals surface area contributed by atoms with Crippen molar-refractivity contribution in [3.05, 3.63) is 93.0 Å². The Labute approximate surface area is 144 Å². The molecule has 1 aliphatic rings. The monoisotopic (exact) mass is 364 g/mol. The Morgan fingerprint density at radius 3 is 1.70 bits per heavy atom. The van der Waals surface area contributed by atoms with Crippen LogP contribution >= 0.6 is 15.9 Å². The second-order valence-electron chi connectivity index (χ2n) is 6.19. The predicted octanol–water partition coefficient (Wildman–Crippen LogP) is 5.33. The highest BCUT2D eigenvalue weighted by Crippen LogP contribution is 2.54. The number of aryl methyl sites for hydroxylation is 2. The van der Waals surface area contributed by atoms with Gasteiger partial charge in [-0.3, -0.25) is 0 Å². The van der Waals surface area contributed by atoms with E-state index < -0.39 is 5.60 Å². The van der Waals surface area contributed by atoms with Gasteiger partial charge in [-0.1, -0.05) is 70.5 Å². The minimum absolute atomic E-state index is 0.885. The van der Waals surface area contributed by atoms with Crippen molar-refractivity contribution in [2.45, 2.75) is 19.4 Å². The van der Waals surface area contributed by atoms with Crippen LogP contribution in [0.1, 0.15) is 27.8 Å². The molecule has 1 nitrogen and oxygen atoms in total. The summed E-state index contributed by atoms with van der Waals surface area (Å²) in [5.74, 6) is 0. The molecule has 0 unspecified atom stereocenters. The Bertz CT molecular complexity index is 875. The number of benzene rings is 3. The number of fused-ring (bicyclic) bond motifs is 3. The van der Waals surface area contributed by atoms with E-state index in [2.05, 4.69) is 41.9 Å². The maximum atomic E-state index is 11.9. The van der Waals surface area contributed by atoms with Gasteiger partial charge in [0.05, 0.1) is 0 Å². The highest BCUT2D eigenvalue weighted by molar-refractivity contribution is 9.10. The number of halogens is 1. The molecule has 0 bridgehead atoms. The Hall–Kier alpha value is -1.90. The Kier molecular flexibility index (Phi) is 3.22. The average molecular weight is 365 g/mol. The van der Waals surface area contributed by atoms with Gasteiger partial charge in [-0.2, -0.15) is 0 Å². The van der Waals surface area contributed by atoms with E-state index in [4.69, 9.17) is 0 Å². The molecule has 4 rings (SSSR count).